The van der Waals surface area contributed by atoms with Crippen molar-refractivity contribution in [2.45, 2.75) is 19.8 Å². The quantitative estimate of drug-likeness (QED) is 0.924. The number of amides is 2. The van der Waals surface area contributed by atoms with Crippen LogP contribution in [0.3, 0.4) is 0 Å². The van der Waals surface area contributed by atoms with E-state index in [2.05, 4.69) is 5.32 Å². The van der Waals surface area contributed by atoms with Crippen LogP contribution in [0.15, 0.2) is 42.5 Å². The van der Waals surface area contributed by atoms with E-state index in [0.717, 1.165) is 12.0 Å². The maximum Gasteiger partial charge on any atom is 0.257 e. The average molecular weight is 329 g/mol. The zero-order chi connectivity index (χ0) is 16.4. The Labute approximate surface area is 140 Å². The number of anilines is 2. The third-order valence-corrected chi connectivity index (χ3v) is 4.20. The Morgan fingerprint density at radius 2 is 2.00 bits per heavy atom. The predicted molar refractivity (Wildman–Crippen MR) is 92.2 cm³/mol. The summed E-state index contributed by atoms with van der Waals surface area (Å²) in [5.41, 5.74) is 2.70. The van der Waals surface area contributed by atoms with Crippen LogP contribution in [0.25, 0.3) is 0 Å². The standard InChI is InChI=1S/C18H17ClN2O2/c1-12-8-9-15(14(19)11-12)20-18(23)13-5-2-3-6-16(13)21-10-4-7-17(21)22/h2-3,5-6,8-9,11H,4,7,10H2,1H3,(H,20,23). The number of benzene rings is 2. The molecule has 2 amide bonds. The fraction of sp³-hybridized carbons (Fsp3) is 0.222. The van der Waals surface area contributed by atoms with Crippen LogP contribution in [0.4, 0.5) is 11.4 Å². The lowest BCUT2D eigenvalue weighted by Crippen LogP contribution is -2.27. The Bertz CT molecular complexity index is 773. The lowest BCUT2D eigenvalue weighted by Gasteiger charge is -2.19. The van der Waals surface area contributed by atoms with E-state index in [1.54, 1.807) is 35.2 Å². The zero-order valence-corrected chi connectivity index (χ0v) is 13.6. The van der Waals surface area contributed by atoms with Crippen LogP contribution in [0, 0.1) is 6.92 Å². The normalized spacial score (nSPS) is 14.2. The van der Waals surface area contributed by atoms with E-state index in [9.17, 15) is 9.59 Å². The summed E-state index contributed by atoms with van der Waals surface area (Å²) in [4.78, 5) is 26.3. The molecule has 2 aromatic rings. The van der Waals surface area contributed by atoms with E-state index in [0.29, 0.717) is 34.9 Å². The second kappa shape index (κ2) is 6.42. The molecule has 5 heteroatoms. The molecule has 0 atom stereocenters. The summed E-state index contributed by atoms with van der Waals surface area (Å²) in [5, 5.41) is 3.32. The van der Waals surface area contributed by atoms with Gasteiger partial charge in [0.25, 0.3) is 5.91 Å². The molecular weight excluding hydrogens is 312 g/mol. The fourth-order valence-corrected chi connectivity index (χ4v) is 3.00. The molecule has 1 saturated heterocycles. The van der Waals surface area contributed by atoms with Crippen LogP contribution < -0.4 is 10.2 Å². The first kappa shape index (κ1) is 15.6. The van der Waals surface area contributed by atoms with Gasteiger partial charge in [0.2, 0.25) is 5.91 Å². The van der Waals surface area contributed by atoms with Gasteiger partial charge in [-0.05, 0) is 43.2 Å². The second-order valence-corrected chi connectivity index (χ2v) is 6.01. The van der Waals surface area contributed by atoms with Crippen molar-refractivity contribution in [3.8, 4) is 0 Å². The van der Waals surface area contributed by atoms with Crippen molar-refractivity contribution in [2.24, 2.45) is 0 Å². The van der Waals surface area contributed by atoms with Gasteiger partial charge in [-0.1, -0.05) is 29.8 Å². The first-order valence-electron chi connectivity index (χ1n) is 7.53. The number of carbonyl (C=O) groups is 2. The number of rotatable bonds is 3. The summed E-state index contributed by atoms with van der Waals surface area (Å²) in [7, 11) is 0. The molecule has 1 aliphatic rings. The van der Waals surface area contributed by atoms with Crippen molar-refractivity contribution >= 4 is 34.8 Å². The molecule has 0 radical (unpaired) electrons. The number of aryl methyl sites for hydroxylation is 1. The van der Waals surface area contributed by atoms with Gasteiger partial charge in [0, 0.05) is 13.0 Å². The van der Waals surface area contributed by atoms with E-state index in [1.807, 2.05) is 19.1 Å². The molecular formula is C18H17ClN2O2. The molecule has 0 aromatic heterocycles. The van der Waals surface area contributed by atoms with Crippen molar-refractivity contribution in [1.29, 1.82) is 0 Å². The number of para-hydroxylation sites is 1. The molecule has 118 valence electrons. The smallest absolute Gasteiger partial charge is 0.257 e. The van der Waals surface area contributed by atoms with Gasteiger partial charge in [0.15, 0.2) is 0 Å². The van der Waals surface area contributed by atoms with Gasteiger partial charge in [0.05, 0.1) is 22.0 Å². The van der Waals surface area contributed by atoms with Crippen LogP contribution in [0.2, 0.25) is 5.02 Å². The number of hydrogen-bond acceptors (Lipinski definition) is 2. The molecule has 2 aromatic carbocycles. The maximum absolute atomic E-state index is 12.6. The Balaban J connectivity index is 1.89. The topological polar surface area (TPSA) is 49.4 Å². The summed E-state index contributed by atoms with van der Waals surface area (Å²) in [6.07, 6.45) is 1.35. The summed E-state index contributed by atoms with van der Waals surface area (Å²) in [6.45, 7) is 2.58. The minimum Gasteiger partial charge on any atom is -0.321 e. The summed E-state index contributed by atoms with van der Waals surface area (Å²) < 4.78 is 0. The van der Waals surface area contributed by atoms with Gasteiger partial charge in [-0.25, -0.2) is 0 Å². The highest BCUT2D eigenvalue weighted by molar-refractivity contribution is 6.34. The van der Waals surface area contributed by atoms with Gasteiger partial charge in [-0.3, -0.25) is 9.59 Å². The van der Waals surface area contributed by atoms with E-state index < -0.39 is 0 Å². The zero-order valence-electron chi connectivity index (χ0n) is 12.8. The molecule has 0 bridgehead atoms. The van der Waals surface area contributed by atoms with Crippen LogP contribution in [-0.2, 0) is 4.79 Å². The first-order valence-corrected chi connectivity index (χ1v) is 7.91. The highest BCUT2D eigenvalue weighted by atomic mass is 35.5. The first-order chi connectivity index (χ1) is 11.1. The van der Waals surface area contributed by atoms with E-state index in [1.165, 1.54) is 0 Å². The molecule has 1 N–H and O–H groups in total. The molecule has 3 rings (SSSR count). The third kappa shape index (κ3) is 3.22. The predicted octanol–water partition coefficient (Wildman–Crippen LogP) is 4.03. The molecule has 1 heterocycles. The van der Waals surface area contributed by atoms with Crippen molar-refractivity contribution in [1.82, 2.24) is 0 Å². The van der Waals surface area contributed by atoms with E-state index in [-0.39, 0.29) is 11.8 Å². The van der Waals surface area contributed by atoms with Gasteiger partial charge in [-0.2, -0.15) is 0 Å². The van der Waals surface area contributed by atoms with Crippen molar-refractivity contribution in [3.05, 3.63) is 58.6 Å². The Hall–Kier alpha value is -2.33. The van der Waals surface area contributed by atoms with E-state index >= 15 is 0 Å². The lowest BCUT2D eigenvalue weighted by molar-refractivity contribution is -0.117. The lowest BCUT2D eigenvalue weighted by atomic mass is 10.1. The summed E-state index contributed by atoms with van der Waals surface area (Å²) in [6, 6.07) is 12.6. The number of nitrogens with zero attached hydrogens (tertiary/aromatic N) is 1. The third-order valence-electron chi connectivity index (χ3n) is 3.89. The van der Waals surface area contributed by atoms with Gasteiger partial charge < -0.3 is 10.2 Å². The van der Waals surface area contributed by atoms with Crippen molar-refractivity contribution in [3.63, 3.8) is 0 Å². The summed E-state index contributed by atoms with van der Waals surface area (Å²) >= 11 is 6.17. The van der Waals surface area contributed by atoms with Crippen molar-refractivity contribution in [2.75, 3.05) is 16.8 Å². The average Bonchev–Trinajstić information content (AvgIpc) is 2.96. The monoisotopic (exact) mass is 328 g/mol. The second-order valence-electron chi connectivity index (χ2n) is 5.60. The number of hydrogen-bond donors (Lipinski definition) is 1. The molecule has 1 fully saturated rings. The molecule has 0 spiro atoms. The highest BCUT2D eigenvalue weighted by Crippen LogP contribution is 2.28. The van der Waals surface area contributed by atoms with Gasteiger partial charge in [-0.15, -0.1) is 0 Å². The van der Waals surface area contributed by atoms with Crippen LogP contribution in [-0.4, -0.2) is 18.4 Å². The fourth-order valence-electron chi connectivity index (χ4n) is 2.72. The maximum atomic E-state index is 12.6. The Morgan fingerprint density at radius 1 is 1.22 bits per heavy atom. The molecule has 23 heavy (non-hydrogen) atoms. The van der Waals surface area contributed by atoms with Crippen LogP contribution >= 0.6 is 11.6 Å². The van der Waals surface area contributed by atoms with Gasteiger partial charge >= 0.3 is 0 Å². The number of nitrogens with one attached hydrogen (secondary N) is 1. The largest absolute Gasteiger partial charge is 0.321 e. The Morgan fingerprint density at radius 3 is 2.70 bits per heavy atom. The summed E-state index contributed by atoms with van der Waals surface area (Å²) in [5.74, 6) is -0.218. The van der Waals surface area contributed by atoms with Gasteiger partial charge in [0.1, 0.15) is 0 Å². The number of carbonyl (C=O) groups excluding carboxylic acids is 2. The molecule has 4 nitrogen and oxygen atoms in total. The van der Waals surface area contributed by atoms with Crippen LogP contribution in [0.5, 0.6) is 0 Å². The SMILES string of the molecule is Cc1ccc(NC(=O)c2ccccc2N2CCCC2=O)c(Cl)c1. The van der Waals surface area contributed by atoms with E-state index in [4.69, 9.17) is 11.6 Å². The molecule has 0 aliphatic carbocycles. The minimum atomic E-state index is -0.272. The minimum absolute atomic E-state index is 0.0543. The highest BCUT2D eigenvalue weighted by Gasteiger charge is 2.25. The molecule has 0 unspecified atom stereocenters. The van der Waals surface area contributed by atoms with Crippen molar-refractivity contribution < 1.29 is 9.59 Å². The molecule has 0 saturated carbocycles. The molecule has 1 aliphatic heterocycles. The number of halogens is 1. The Kier molecular flexibility index (Phi) is 4.35. The van der Waals surface area contributed by atoms with Crippen LogP contribution in [0.1, 0.15) is 28.8 Å².